The number of carbonyl (C=O) groups excluding carboxylic acids is 1. The highest BCUT2D eigenvalue weighted by molar-refractivity contribution is 7.89. The van der Waals surface area contributed by atoms with Gasteiger partial charge in [0.25, 0.3) is 0 Å². The van der Waals surface area contributed by atoms with E-state index in [0.29, 0.717) is 6.42 Å². The summed E-state index contributed by atoms with van der Waals surface area (Å²) in [7, 11) is -3.45. The van der Waals surface area contributed by atoms with Crippen LogP contribution in [0.5, 0.6) is 0 Å². The molecule has 132 valence electrons. The van der Waals surface area contributed by atoms with Gasteiger partial charge in [-0.1, -0.05) is 46.5 Å². The highest BCUT2D eigenvalue weighted by atomic mass is 32.2. The first-order chi connectivity index (χ1) is 10.7. The topological polar surface area (TPSA) is 54.5 Å². The molecular formula is C18H31NO3S. The van der Waals surface area contributed by atoms with E-state index in [1.807, 2.05) is 0 Å². The molecule has 4 nitrogen and oxygen atoms in total. The number of unbranched alkanes of at least 4 members (excludes halogenated alkanes) is 4. The maximum atomic E-state index is 12.9. The highest BCUT2D eigenvalue weighted by Gasteiger charge is 2.76. The monoisotopic (exact) mass is 341 g/mol. The SMILES string of the molecule is CCCCCCCC(=O)N1C23CCC(CC2)(CS1(=O)=O)C3(C)C. The van der Waals surface area contributed by atoms with Crippen molar-refractivity contribution in [2.45, 2.75) is 90.5 Å². The molecule has 1 amide bonds. The van der Waals surface area contributed by atoms with Crippen molar-refractivity contribution in [1.29, 1.82) is 0 Å². The van der Waals surface area contributed by atoms with Crippen LogP contribution in [-0.4, -0.2) is 29.9 Å². The summed E-state index contributed by atoms with van der Waals surface area (Å²) in [4.78, 5) is 12.8. The van der Waals surface area contributed by atoms with E-state index in [1.165, 1.54) is 17.1 Å². The van der Waals surface area contributed by atoms with Crippen molar-refractivity contribution < 1.29 is 13.2 Å². The molecule has 2 saturated carbocycles. The van der Waals surface area contributed by atoms with Gasteiger partial charge in [0.2, 0.25) is 15.9 Å². The average Bonchev–Trinajstić information content (AvgIpc) is 2.70. The predicted molar refractivity (Wildman–Crippen MR) is 91.4 cm³/mol. The molecule has 1 aliphatic heterocycles. The number of hydrogen-bond acceptors (Lipinski definition) is 3. The van der Waals surface area contributed by atoms with Crippen LogP contribution in [0.1, 0.15) is 85.0 Å². The minimum absolute atomic E-state index is 0.0802. The van der Waals surface area contributed by atoms with Gasteiger partial charge in [-0.05, 0) is 42.9 Å². The third-order valence-corrected chi connectivity index (χ3v) is 9.40. The van der Waals surface area contributed by atoms with Crippen LogP contribution in [0.2, 0.25) is 0 Å². The maximum absolute atomic E-state index is 12.9. The van der Waals surface area contributed by atoms with E-state index in [-0.39, 0.29) is 22.5 Å². The van der Waals surface area contributed by atoms with Gasteiger partial charge in [-0.15, -0.1) is 0 Å². The molecule has 0 radical (unpaired) electrons. The van der Waals surface area contributed by atoms with Gasteiger partial charge in [-0.3, -0.25) is 4.79 Å². The van der Waals surface area contributed by atoms with Crippen LogP contribution in [0.15, 0.2) is 0 Å². The number of carbonyl (C=O) groups is 1. The predicted octanol–water partition coefficient (Wildman–Crippen LogP) is 3.86. The van der Waals surface area contributed by atoms with Gasteiger partial charge in [-0.2, -0.15) is 0 Å². The number of sulfonamides is 1. The molecule has 3 fully saturated rings. The fourth-order valence-corrected chi connectivity index (χ4v) is 8.54. The zero-order valence-electron chi connectivity index (χ0n) is 14.9. The largest absolute Gasteiger partial charge is 0.274 e. The molecule has 2 bridgehead atoms. The summed E-state index contributed by atoms with van der Waals surface area (Å²) >= 11 is 0. The van der Waals surface area contributed by atoms with Gasteiger partial charge >= 0.3 is 0 Å². The van der Waals surface area contributed by atoms with Crippen LogP contribution in [-0.2, 0) is 14.8 Å². The second kappa shape index (κ2) is 5.47. The lowest BCUT2D eigenvalue weighted by atomic mass is 9.68. The van der Waals surface area contributed by atoms with Crippen molar-refractivity contribution >= 4 is 15.9 Å². The lowest BCUT2D eigenvalue weighted by molar-refractivity contribution is -0.134. The van der Waals surface area contributed by atoms with Gasteiger partial charge in [0.05, 0.1) is 11.3 Å². The summed E-state index contributed by atoms with van der Waals surface area (Å²) in [5.74, 6) is 0.0306. The summed E-state index contributed by atoms with van der Waals surface area (Å²) in [5, 5.41) is 0. The van der Waals surface area contributed by atoms with E-state index in [0.717, 1.165) is 44.9 Å². The Balaban J connectivity index is 1.79. The first kappa shape index (κ1) is 17.2. The lowest BCUT2D eigenvalue weighted by Gasteiger charge is -2.52. The van der Waals surface area contributed by atoms with E-state index < -0.39 is 15.6 Å². The van der Waals surface area contributed by atoms with Crippen LogP contribution in [0.4, 0.5) is 0 Å². The molecule has 0 aromatic rings. The van der Waals surface area contributed by atoms with Gasteiger partial charge in [0.1, 0.15) is 0 Å². The summed E-state index contributed by atoms with van der Waals surface area (Å²) < 4.78 is 27.1. The lowest BCUT2D eigenvalue weighted by Crippen LogP contribution is -2.63. The number of amides is 1. The molecule has 23 heavy (non-hydrogen) atoms. The Labute approximate surface area is 141 Å². The van der Waals surface area contributed by atoms with Crippen molar-refractivity contribution in [2.24, 2.45) is 10.8 Å². The fraction of sp³-hybridized carbons (Fsp3) is 0.944. The molecule has 3 rings (SSSR count). The molecule has 3 aliphatic rings. The molecule has 0 aromatic carbocycles. The van der Waals surface area contributed by atoms with Crippen molar-refractivity contribution in [3.8, 4) is 0 Å². The third-order valence-electron chi connectivity index (χ3n) is 7.37. The van der Waals surface area contributed by atoms with E-state index in [2.05, 4.69) is 20.8 Å². The summed E-state index contributed by atoms with van der Waals surface area (Å²) in [6.45, 7) is 6.56. The molecule has 0 atom stereocenters. The Morgan fingerprint density at radius 2 is 1.61 bits per heavy atom. The molecule has 0 N–H and O–H groups in total. The van der Waals surface area contributed by atoms with E-state index >= 15 is 0 Å². The maximum Gasteiger partial charge on any atom is 0.238 e. The van der Waals surface area contributed by atoms with Crippen molar-refractivity contribution in [2.75, 3.05) is 5.75 Å². The Kier molecular flexibility index (Phi) is 4.10. The zero-order chi connectivity index (χ0) is 16.9. The van der Waals surface area contributed by atoms with Crippen molar-refractivity contribution in [3.05, 3.63) is 0 Å². The van der Waals surface area contributed by atoms with Gasteiger partial charge in [0.15, 0.2) is 0 Å². The van der Waals surface area contributed by atoms with Gasteiger partial charge in [0, 0.05) is 6.42 Å². The summed E-state index contributed by atoms with van der Waals surface area (Å²) in [6.07, 6.45) is 9.36. The normalized spacial score (nSPS) is 36.4. The van der Waals surface area contributed by atoms with Crippen LogP contribution < -0.4 is 0 Å². The van der Waals surface area contributed by atoms with Crippen molar-refractivity contribution in [1.82, 2.24) is 4.31 Å². The summed E-state index contributed by atoms with van der Waals surface area (Å²) in [6, 6.07) is 0. The molecule has 2 aliphatic carbocycles. The molecule has 1 heterocycles. The standard InChI is InChI=1S/C18H31NO3S/c1-4-5-6-7-8-9-15(20)19-18-12-10-17(11-13-18,16(18,2)3)14-23(19,21)22/h4-14H2,1-3H3. The number of nitrogens with zero attached hydrogens (tertiary/aromatic N) is 1. The Bertz CT molecular complexity index is 585. The van der Waals surface area contributed by atoms with Gasteiger partial charge < -0.3 is 0 Å². The minimum atomic E-state index is -3.45. The van der Waals surface area contributed by atoms with Crippen molar-refractivity contribution in [3.63, 3.8) is 0 Å². The third kappa shape index (κ3) is 2.21. The number of rotatable bonds is 6. The first-order valence-electron chi connectivity index (χ1n) is 9.28. The smallest absolute Gasteiger partial charge is 0.238 e. The van der Waals surface area contributed by atoms with Crippen LogP contribution in [0.25, 0.3) is 0 Å². The van der Waals surface area contributed by atoms with E-state index in [4.69, 9.17) is 0 Å². The molecule has 0 spiro atoms. The second-order valence-corrected chi connectivity index (χ2v) is 10.3. The highest BCUT2D eigenvalue weighted by Crippen LogP contribution is 2.73. The first-order valence-corrected chi connectivity index (χ1v) is 10.9. The van der Waals surface area contributed by atoms with Gasteiger partial charge in [-0.25, -0.2) is 12.7 Å². The second-order valence-electron chi connectivity index (χ2n) is 8.52. The molecule has 0 unspecified atom stereocenters. The van der Waals surface area contributed by atoms with Crippen LogP contribution >= 0.6 is 0 Å². The summed E-state index contributed by atoms with van der Waals surface area (Å²) in [5.41, 5.74) is -0.614. The fourth-order valence-electron chi connectivity index (χ4n) is 5.72. The molecule has 1 saturated heterocycles. The molecular weight excluding hydrogens is 310 g/mol. The van der Waals surface area contributed by atoms with E-state index in [9.17, 15) is 13.2 Å². The zero-order valence-corrected chi connectivity index (χ0v) is 15.7. The Morgan fingerprint density at radius 3 is 2.22 bits per heavy atom. The van der Waals surface area contributed by atoms with Crippen LogP contribution in [0.3, 0.4) is 0 Å². The Hall–Kier alpha value is -0.580. The quantitative estimate of drug-likeness (QED) is 0.689. The van der Waals surface area contributed by atoms with E-state index in [1.54, 1.807) is 0 Å². The number of hydrogen-bond donors (Lipinski definition) is 0. The van der Waals surface area contributed by atoms with Crippen LogP contribution in [0, 0.1) is 10.8 Å². The average molecular weight is 342 g/mol. The molecule has 5 heteroatoms. The molecule has 0 aromatic heterocycles. The Morgan fingerprint density at radius 1 is 1.00 bits per heavy atom. The minimum Gasteiger partial charge on any atom is -0.274 e.